The minimum Gasteiger partial charge on any atom is -0.345 e. The van der Waals surface area contributed by atoms with Crippen LogP contribution in [0.3, 0.4) is 0 Å². The Kier molecular flexibility index (Phi) is 5.48. The molecule has 1 fully saturated rings. The minimum atomic E-state index is -4.44. The topological polar surface area (TPSA) is 78.3 Å². The summed E-state index contributed by atoms with van der Waals surface area (Å²) in [6, 6.07) is 1.16. The van der Waals surface area contributed by atoms with Crippen LogP contribution in [0.2, 0.25) is 0 Å². The van der Waals surface area contributed by atoms with Crippen molar-refractivity contribution in [3.05, 3.63) is 30.5 Å². The van der Waals surface area contributed by atoms with Crippen LogP contribution < -0.4 is 10.8 Å². The summed E-state index contributed by atoms with van der Waals surface area (Å²) in [6.07, 6.45) is -0.266. The number of likely N-dealkylation sites (tertiary alicyclic amines) is 1. The van der Waals surface area contributed by atoms with E-state index < -0.39 is 18.8 Å². The monoisotopic (exact) mass is 396 g/mol. The van der Waals surface area contributed by atoms with Crippen LogP contribution in [0.25, 0.3) is 16.9 Å². The van der Waals surface area contributed by atoms with Crippen LogP contribution in [0.4, 0.5) is 18.0 Å². The highest BCUT2D eigenvalue weighted by Gasteiger charge is 2.38. The average molecular weight is 396 g/mol. The molecule has 152 valence electrons. The zero-order chi connectivity index (χ0) is 20.5. The molecule has 0 saturated carbocycles. The number of H-pyrrole nitrogens is 1. The van der Waals surface area contributed by atoms with Gasteiger partial charge in [-0.15, -0.1) is 0 Å². The zero-order valence-corrected chi connectivity index (χ0v) is 15.8. The highest BCUT2D eigenvalue weighted by Crippen LogP contribution is 2.34. The van der Waals surface area contributed by atoms with E-state index in [1.807, 2.05) is 22.9 Å². The SMILES string of the molecule is C=C([C@@H]1CN(C(=O)NCC(F)(F)F)C[C@@H]1CC)n1c(=NC)cnc2[nH]ccc21. The molecule has 3 rings (SSSR count). The van der Waals surface area contributed by atoms with Gasteiger partial charge >= 0.3 is 12.2 Å². The molecule has 28 heavy (non-hydrogen) atoms. The van der Waals surface area contributed by atoms with Gasteiger partial charge in [0, 0.05) is 37.9 Å². The second-order valence-corrected chi connectivity index (χ2v) is 6.83. The number of carbonyl (C=O) groups is 1. The Morgan fingerprint density at radius 1 is 1.46 bits per heavy atom. The molecular weight excluding hydrogens is 373 g/mol. The van der Waals surface area contributed by atoms with Crippen molar-refractivity contribution in [3.63, 3.8) is 0 Å². The molecule has 0 spiro atoms. The molecule has 2 atom stereocenters. The lowest BCUT2D eigenvalue weighted by Crippen LogP contribution is -2.43. The van der Waals surface area contributed by atoms with Gasteiger partial charge in [-0.05, 0) is 12.0 Å². The molecule has 0 radical (unpaired) electrons. The van der Waals surface area contributed by atoms with Gasteiger partial charge in [0.25, 0.3) is 0 Å². The molecule has 1 aliphatic heterocycles. The molecule has 2 amide bonds. The summed E-state index contributed by atoms with van der Waals surface area (Å²) in [5, 5.41) is 1.95. The highest BCUT2D eigenvalue weighted by atomic mass is 19.4. The van der Waals surface area contributed by atoms with E-state index in [9.17, 15) is 18.0 Å². The van der Waals surface area contributed by atoms with E-state index in [0.29, 0.717) is 24.2 Å². The first-order valence-corrected chi connectivity index (χ1v) is 9.01. The second-order valence-electron chi connectivity index (χ2n) is 6.83. The average Bonchev–Trinajstić information content (AvgIpc) is 3.30. The Balaban J connectivity index is 1.86. The van der Waals surface area contributed by atoms with Crippen molar-refractivity contribution in [2.24, 2.45) is 16.8 Å². The van der Waals surface area contributed by atoms with Gasteiger partial charge in [-0.1, -0.05) is 19.9 Å². The van der Waals surface area contributed by atoms with Gasteiger partial charge in [-0.2, -0.15) is 13.2 Å². The number of aromatic nitrogens is 3. The van der Waals surface area contributed by atoms with Gasteiger partial charge in [0.05, 0.1) is 11.7 Å². The number of nitrogens with one attached hydrogen (secondary N) is 2. The summed E-state index contributed by atoms with van der Waals surface area (Å²) < 4.78 is 39.1. The lowest BCUT2D eigenvalue weighted by molar-refractivity contribution is -0.123. The van der Waals surface area contributed by atoms with E-state index in [2.05, 4.69) is 21.5 Å². The van der Waals surface area contributed by atoms with E-state index >= 15 is 0 Å². The summed E-state index contributed by atoms with van der Waals surface area (Å²) in [6.45, 7) is 5.58. The Labute approximate surface area is 160 Å². The second kappa shape index (κ2) is 7.69. The maximum Gasteiger partial charge on any atom is 0.405 e. The molecule has 0 aliphatic carbocycles. The number of rotatable bonds is 4. The third kappa shape index (κ3) is 3.90. The number of amides is 2. The summed E-state index contributed by atoms with van der Waals surface area (Å²) in [7, 11) is 1.65. The first kappa shape index (κ1) is 20.0. The molecular formula is C18H23F3N6O. The predicted molar refractivity (Wildman–Crippen MR) is 99.2 cm³/mol. The Hall–Kier alpha value is -2.78. The van der Waals surface area contributed by atoms with Crippen LogP contribution in [0, 0.1) is 11.8 Å². The fourth-order valence-corrected chi connectivity index (χ4v) is 3.68. The molecule has 1 saturated heterocycles. The number of urea groups is 1. The summed E-state index contributed by atoms with van der Waals surface area (Å²) in [5.74, 6) is -0.0175. The molecule has 10 heteroatoms. The van der Waals surface area contributed by atoms with Crippen molar-refractivity contribution in [2.45, 2.75) is 19.5 Å². The first-order valence-electron chi connectivity index (χ1n) is 9.01. The van der Waals surface area contributed by atoms with Gasteiger partial charge in [-0.25, -0.2) is 9.78 Å². The quantitative estimate of drug-likeness (QED) is 0.833. The Morgan fingerprint density at radius 3 is 2.86 bits per heavy atom. The largest absolute Gasteiger partial charge is 0.405 e. The molecule has 0 unspecified atom stereocenters. The third-order valence-corrected chi connectivity index (χ3v) is 5.12. The number of halogens is 3. The molecule has 0 bridgehead atoms. The zero-order valence-electron chi connectivity index (χ0n) is 15.8. The van der Waals surface area contributed by atoms with Crippen molar-refractivity contribution in [2.75, 3.05) is 26.7 Å². The van der Waals surface area contributed by atoms with Crippen LogP contribution in [-0.2, 0) is 0 Å². The number of fused-ring (bicyclic) bond motifs is 1. The van der Waals surface area contributed by atoms with Crippen LogP contribution >= 0.6 is 0 Å². The van der Waals surface area contributed by atoms with Crippen molar-refractivity contribution >= 4 is 22.9 Å². The number of hydrogen-bond acceptors (Lipinski definition) is 3. The highest BCUT2D eigenvalue weighted by molar-refractivity contribution is 5.77. The number of aromatic amines is 1. The van der Waals surface area contributed by atoms with Gasteiger partial charge in [0.15, 0.2) is 11.1 Å². The van der Waals surface area contributed by atoms with Crippen molar-refractivity contribution < 1.29 is 18.0 Å². The van der Waals surface area contributed by atoms with E-state index in [0.717, 1.165) is 17.6 Å². The molecule has 7 nitrogen and oxygen atoms in total. The number of hydrogen-bond donors (Lipinski definition) is 2. The van der Waals surface area contributed by atoms with Gasteiger partial charge in [0.1, 0.15) is 6.54 Å². The fraction of sp³-hybridized carbons (Fsp3) is 0.500. The van der Waals surface area contributed by atoms with Crippen molar-refractivity contribution in [1.82, 2.24) is 24.8 Å². The van der Waals surface area contributed by atoms with E-state index in [-0.39, 0.29) is 11.8 Å². The van der Waals surface area contributed by atoms with E-state index in [1.54, 1.807) is 19.4 Å². The minimum absolute atomic E-state index is 0.0866. The summed E-state index contributed by atoms with van der Waals surface area (Å²) in [4.78, 5) is 25.2. The van der Waals surface area contributed by atoms with Crippen molar-refractivity contribution in [3.8, 4) is 0 Å². The first-order chi connectivity index (χ1) is 13.2. The summed E-state index contributed by atoms with van der Waals surface area (Å²) >= 11 is 0. The maximum atomic E-state index is 12.4. The van der Waals surface area contributed by atoms with Crippen molar-refractivity contribution in [1.29, 1.82) is 0 Å². The number of carbonyl (C=O) groups excluding carboxylic acids is 1. The smallest absolute Gasteiger partial charge is 0.345 e. The fourth-order valence-electron chi connectivity index (χ4n) is 3.68. The molecule has 1 aliphatic rings. The van der Waals surface area contributed by atoms with Crippen LogP contribution in [-0.4, -0.2) is 58.3 Å². The molecule has 2 aromatic rings. The van der Waals surface area contributed by atoms with Crippen LogP contribution in [0.1, 0.15) is 13.3 Å². The lowest BCUT2D eigenvalue weighted by Gasteiger charge is -2.22. The normalized spacial score (nSPS) is 20.8. The Bertz CT molecular complexity index is 945. The van der Waals surface area contributed by atoms with E-state index in [4.69, 9.17) is 0 Å². The standard InChI is InChI=1S/C18H23F3N6O/c1-4-12-8-26(17(28)25-10-18(19,20)21)9-13(12)11(2)27-14-5-6-23-16(14)24-7-15(27)22-3/h5-7,12-13,23H,2,4,8-10H2,1,3H3,(H,25,28)/t12-,13-/m0/s1. The molecule has 3 heterocycles. The van der Waals surface area contributed by atoms with Gasteiger partial charge in [-0.3, -0.25) is 9.56 Å². The molecule has 2 aromatic heterocycles. The Morgan fingerprint density at radius 2 is 2.21 bits per heavy atom. The van der Waals surface area contributed by atoms with Gasteiger partial charge < -0.3 is 15.2 Å². The number of nitrogens with zero attached hydrogens (tertiary/aromatic N) is 4. The van der Waals surface area contributed by atoms with Crippen LogP contribution in [0.15, 0.2) is 30.0 Å². The van der Waals surface area contributed by atoms with Gasteiger partial charge in [0.2, 0.25) is 0 Å². The molecule has 2 N–H and O–H groups in total. The maximum absolute atomic E-state index is 12.4. The number of alkyl halides is 3. The molecule has 0 aromatic carbocycles. The third-order valence-electron chi connectivity index (χ3n) is 5.12. The van der Waals surface area contributed by atoms with Crippen LogP contribution in [0.5, 0.6) is 0 Å². The van der Waals surface area contributed by atoms with E-state index in [1.165, 1.54) is 4.90 Å². The predicted octanol–water partition coefficient (Wildman–Crippen LogP) is 2.60. The lowest BCUT2D eigenvalue weighted by atomic mass is 9.91. The summed E-state index contributed by atoms with van der Waals surface area (Å²) in [5.41, 5.74) is 2.85.